The van der Waals surface area contributed by atoms with E-state index in [2.05, 4.69) is 10.6 Å². The molecule has 1 saturated heterocycles. The molecular weight excluding hydrogens is 353 g/mol. The fourth-order valence-corrected chi connectivity index (χ4v) is 3.77. The molecule has 1 aliphatic carbocycles. The van der Waals surface area contributed by atoms with E-state index in [-0.39, 0.29) is 35.7 Å². The Morgan fingerprint density at radius 1 is 1.28 bits per heavy atom. The predicted octanol–water partition coefficient (Wildman–Crippen LogP) is 3.56. The van der Waals surface area contributed by atoms with E-state index in [1.165, 1.54) is 12.1 Å². The van der Waals surface area contributed by atoms with Crippen LogP contribution in [0.15, 0.2) is 24.3 Å². The summed E-state index contributed by atoms with van der Waals surface area (Å²) in [7, 11) is 0. The summed E-state index contributed by atoms with van der Waals surface area (Å²) in [4.78, 5) is 12.4. The van der Waals surface area contributed by atoms with Gasteiger partial charge in [-0.3, -0.25) is 4.79 Å². The van der Waals surface area contributed by atoms with Gasteiger partial charge in [0, 0.05) is 12.0 Å². The topological polar surface area (TPSA) is 41.1 Å². The number of benzene rings is 1. The Labute approximate surface area is 152 Å². The van der Waals surface area contributed by atoms with Crippen LogP contribution in [0, 0.1) is 11.3 Å². The van der Waals surface area contributed by atoms with Gasteiger partial charge in [-0.25, -0.2) is 0 Å². The van der Waals surface area contributed by atoms with E-state index in [1.54, 1.807) is 0 Å². The molecule has 1 aromatic rings. The number of alkyl halides is 3. The van der Waals surface area contributed by atoms with Gasteiger partial charge in [-0.05, 0) is 68.8 Å². The second-order valence-corrected chi connectivity index (χ2v) is 7.18. The summed E-state index contributed by atoms with van der Waals surface area (Å²) in [5.74, 6) is 0.200. The third-order valence-corrected chi connectivity index (χ3v) is 5.32. The highest BCUT2D eigenvalue weighted by atomic mass is 35.5. The Bertz CT molecular complexity index is 597. The molecule has 1 saturated carbocycles. The van der Waals surface area contributed by atoms with Gasteiger partial charge < -0.3 is 10.6 Å². The molecule has 2 fully saturated rings. The van der Waals surface area contributed by atoms with E-state index in [0.29, 0.717) is 6.42 Å². The minimum absolute atomic E-state index is 0. The molecule has 3 nitrogen and oxygen atoms in total. The van der Waals surface area contributed by atoms with Crippen LogP contribution in [0.3, 0.4) is 0 Å². The van der Waals surface area contributed by atoms with E-state index in [1.807, 2.05) is 6.92 Å². The van der Waals surface area contributed by atoms with Crippen molar-refractivity contribution in [2.45, 2.75) is 44.8 Å². The smallest absolute Gasteiger partial charge is 0.353 e. The first-order chi connectivity index (χ1) is 11.3. The number of halogens is 4. The molecular formula is C18H24ClF3N2O. The van der Waals surface area contributed by atoms with Crippen LogP contribution < -0.4 is 10.6 Å². The molecule has 2 unspecified atom stereocenters. The van der Waals surface area contributed by atoms with E-state index in [4.69, 9.17) is 0 Å². The number of carbonyl (C=O) groups is 1. The Balaban J connectivity index is 0.00000225. The van der Waals surface area contributed by atoms with E-state index in [9.17, 15) is 18.0 Å². The zero-order valence-electron chi connectivity index (χ0n) is 14.2. The molecule has 2 N–H and O–H groups in total. The Hall–Kier alpha value is -1.27. The number of rotatable bonds is 4. The van der Waals surface area contributed by atoms with Crippen LogP contribution in [-0.2, 0) is 17.4 Å². The van der Waals surface area contributed by atoms with E-state index < -0.39 is 11.7 Å². The Kier molecular flexibility index (Phi) is 6.05. The number of nitrogens with one attached hydrogen (secondary N) is 2. The SMILES string of the molecule is CC(Cc1ccc(C(F)(F)F)cc1)NC(=O)C1CC12CCNCC2.Cl. The van der Waals surface area contributed by atoms with Gasteiger partial charge >= 0.3 is 6.18 Å². The Morgan fingerprint density at radius 3 is 2.44 bits per heavy atom. The number of carbonyl (C=O) groups excluding carboxylic acids is 1. The molecule has 3 rings (SSSR count). The highest BCUT2D eigenvalue weighted by molar-refractivity contribution is 5.85. The van der Waals surface area contributed by atoms with E-state index in [0.717, 1.165) is 50.0 Å². The molecule has 1 heterocycles. The molecule has 0 bridgehead atoms. The van der Waals surface area contributed by atoms with Crippen molar-refractivity contribution in [1.29, 1.82) is 0 Å². The standard InChI is InChI=1S/C18H23F3N2O.ClH/c1-12(10-13-2-4-14(5-3-13)18(19,20)21)23-16(24)15-11-17(15)6-8-22-9-7-17;/h2-5,12,15,22H,6-11H2,1H3,(H,23,24);1H. The van der Waals surface area contributed by atoms with Crippen LogP contribution >= 0.6 is 12.4 Å². The molecule has 7 heteroatoms. The van der Waals surface area contributed by atoms with Gasteiger partial charge in [0.25, 0.3) is 0 Å². The maximum absolute atomic E-state index is 12.6. The van der Waals surface area contributed by atoms with Gasteiger partial charge in [0.15, 0.2) is 0 Å². The summed E-state index contributed by atoms with van der Waals surface area (Å²) in [6, 6.07) is 5.06. The van der Waals surface area contributed by atoms with Crippen molar-refractivity contribution in [3.8, 4) is 0 Å². The maximum Gasteiger partial charge on any atom is 0.416 e. The lowest BCUT2D eigenvalue weighted by Gasteiger charge is -2.23. The van der Waals surface area contributed by atoms with Crippen molar-refractivity contribution in [2.24, 2.45) is 11.3 Å². The first-order valence-corrected chi connectivity index (χ1v) is 8.47. The minimum atomic E-state index is -4.31. The molecule has 1 aromatic carbocycles. The first kappa shape index (κ1) is 20.0. The summed E-state index contributed by atoms with van der Waals surface area (Å²) >= 11 is 0. The van der Waals surface area contributed by atoms with Crippen molar-refractivity contribution in [3.63, 3.8) is 0 Å². The second-order valence-electron chi connectivity index (χ2n) is 7.18. The molecule has 25 heavy (non-hydrogen) atoms. The molecule has 2 aliphatic rings. The van der Waals surface area contributed by atoms with Gasteiger partial charge in [0.05, 0.1) is 5.56 Å². The summed E-state index contributed by atoms with van der Waals surface area (Å²) in [5.41, 5.74) is 0.348. The predicted molar refractivity (Wildman–Crippen MR) is 92.6 cm³/mol. The fourth-order valence-electron chi connectivity index (χ4n) is 3.77. The van der Waals surface area contributed by atoms with Crippen LogP contribution in [-0.4, -0.2) is 25.0 Å². The second kappa shape index (κ2) is 7.54. The molecule has 2 atom stereocenters. The van der Waals surface area contributed by atoms with Crippen molar-refractivity contribution in [3.05, 3.63) is 35.4 Å². The third-order valence-electron chi connectivity index (χ3n) is 5.32. The number of hydrogen-bond donors (Lipinski definition) is 2. The fraction of sp³-hybridized carbons (Fsp3) is 0.611. The van der Waals surface area contributed by atoms with Crippen molar-refractivity contribution < 1.29 is 18.0 Å². The molecule has 0 radical (unpaired) electrons. The molecule has 1 amide bonds. The normalized spacial score (nSPS) is 22.8. The van der Waals surface area contributed by atoms with Crippen molar-refractivity contribution in [2.75, 3.05) is 13.1 Å². The lowest BCUT2D eigenvalue weighted by Crippen LogP contribution is -2.38. The van der Waals surface area contributed by atoms with Gasteiger partial charge in [0.2, 0.25) is 5.91 Å². The summed E-state index contributed by atoms with van der Waals surface area (Å²) in [6.45, 7) is 3.85. The average molecular weight is 377 g/mol. The van der Waals surface area contributed by atoms with Gasteiger partial charge in [-0.2, -0.15) is 13.2 Å². The molecule has 0 aromatic heterocycles. The van der Waals surface area contributed by atoms with Crippen molar-refractivity contribution in [1.82, 2.24) is 10.6 Å². The number of hydrogen-bond acceptors (Lipinski definition) is 2. The van der Waals surface area contributed by atoms with Gasteiger partial charge in [0.1, 0.15) is 0 Å². The lowest BCUT2D eigenvalue weighted by atomic mass is 9.91. The van der Waals surface area contributed by atoms with Crippen LogP contribution in [0.2, 0.25) is 0 Å². The van der Waals surface area contributed by atoms with Gasteiger partial charge in [-0.1, -0.05) is 12.1 Å². The van der Waals surface area contributed by atoms with Crippen LogP contribution in [0.25, 0.3) is 0 Å². The summed E-state index contributed by atoms with van der Waals surface area (Å²) in [6.07, 6.45) is -0.705. The lowest BCUT2D eigenvalue weighted by molar-refractivity contribution is -0.137. The van der Waals surface area contributed by atoms with Crippen molar-refractivity contribution >= 4 is 18.3 Å². The van der Waals surface area contributed by atoms with Crippen LogP contribution in [0.1, 0.15) is 37.3 Å². The highest BCUT2D eigenvalue weighted by Crippen LogP contribution is 2.58. The van der Waals surface area contributed by atoms with Gasteiger partial charge in [-0.15, -0.1) is 12.4 Å². The van der Waals surface area contributed by atoms with Crippen LogP contribution in [0.4, 0.5) is 13.2 Å². The maximum atomic E-state index is 12.6. The highest BCUT2D eigenvalue weighted by Gasteiger charge is 2.57. The van der Waals surface area contributed by atoms with E-state index >= 15 is 0 Å². The number of amides is 1. The number of piperidine rings is 1. The third kappa shape index (κ3) is 4.67. The zero-order chi connectivity index (χ0) is 17.4. The van der Waals surface area contributed by atoms with Crippen LogP contribution in [0.5, 0.6) is 0 Å². The Morgan fingerprint density at radius 2 is 1.88 bits per heavy atom. The minimum Gasteiger partial charge on any atom is -0.353 e. The summed E-state index contributed by atoms with van der Waals surface area (Å²) in [5, 5.41) is 6.34. The average Bonchev–Trinajstić information content (AvgIpc) is 3.21. The first-order valence-electron chi connectivity index (χ1n) is 8.47. The monoisotopic (exact) mass is 376 g/mol. The summed E-state index contributed by atoms with van der Waals surface area (Å²) < 4.78 is 37.7. The molecule has 1 aliphatic heterocycles. The zero-order valence-corrected chi connectivity index (χ0v) is 15.0. The molecule has 1 spiro atoms. The quantitative estimate of drug-likeness (QED) is 0.843. The largest absolute Gasteiger partial charge is 0.416 e. The molecule has 140 valence electrons.